The highest BCUT2D eigenvalue weighted by molar-refractivity contribution is 5.95. The summed E-state index contributed by atoms with van der Waals surface area (Å²) < 4.78 is 9.65. The van der Waals surface area contributed by atoms with Gasteiger partial charge in [0, 0.05) is 11.8 Å². The van der Waals surface area contributed by atoms with Crippen LogP contribution in [0.2, 0.25) is 0 Å². The number of aryl methyl sites for hydroxylation is 1. The van der Waals surface area contributed by atoms with Crippen LogP contribution in [0.3, 0.4) is 0 Å². The van der Waals surface area contributed by atoms with E-state index < -0.39 is 5.97 Å². The molecule has 1 rings (SSSR count). The third kappa shape index (κ3) is 3.15. The second kappa shape index (κ2) is 6.71. The number of benzene rings is 1. The molecular formula is C12H19NO3. The summed E-state index contributed by atoms with van der Waals surface area (Å²) >= 11 is 0. The van der Waals surface area contributed by atoms with Crippen molar-refractivity contribution in [3.8, 4) is 5.75 Å². The van der Waals surface area contributed by atoms with Crippen molar-refractivity contribution in [2.45, 2.75) is 20.8 Å². The number of nitrogen functional groups attached to an aromatic ring is 1. The van der Waals surface area contributed by atoms with Crippen molar-refractivity contribution in [1.82, 2.24) is 0 Å². The van der Waals surface area contributed by atoms with Gasteiger partial charge in [-0.1, -0.05) is 13.8 Å². The van der Waals surface area contributed by atoms with Crippen LogP contribution < -0.4 is 10.5 Å². The quantitative estimate of drug-likeness (QED) is 0.620. The summed E-state index contributed by atoms with van der Waals surface area (Å²) in [5.74, 6) is 0.225. The lowest BCUT2D eigenvalue weighted by molar-refractivity contribution is 0.0602. The molecule has 90 valence electrons. The van der Waals surface area contributed by atoms with Crippen LogP contribution in [-0.4, -0.2) is 20.2 Å². The minimum atomic E-state index is -0.437. The minimum Gasteiger partial charge on any atom is -0.496 e. The Morgan fingerprint density at radius 1 is 1.25 bits per heavy atom. The SMILES string of the molecule is CC.COC(=O)c1cc(C)c(OC)cc1N. The Bertz CT molecular complexity index is 362. The van der Waals surface area contributed by atoms with Crippen molar-refractivity contribution in [3.63, 3.8) is 0 Å². The first-order valence-corrected chi connectivity index (χ1v) is 5.12. The maximum absolute atomic E-state index is 11.2. The summed E-state index contributed by atoms with van der Waals surface area (Å²) in [6.07, 6.45) is 0. The Kier molecular flexibility index (Phi) is 6.00. The van der Waals surface area contributed by atoms with Gasteiger partial charge in [-0.2, -0.15) is 0 Å². The van der Waals surface area contributed by atoms with Gasteiger partial charge in [-0.15, -0.1) is 0 Å². The van der Waals surface area contributed by atoms with Gasteiger partial charge in [0.1, 0.15) is 5.75 Å². The zero-order valence-corrected chi connectivity index (χ0v) is 10.5. The predicted octanol–water partition coefficient (Wildman–Crippen LogP) is 2.40. The van der Waals surface area contributed by atoms with Crippen LogP contribution >= 0.6 is 0 Å². The molecule has 0 bridgehead atoms. The van der Waals surface area contributed by atoms with Gasteiger partial charge in [-0.3, -0.25) is 0 Å². The summed E-state index contributed by atoms with van der Waals surface area (Å²) in [5, 5.41) is 0. The Labute approximate surface area is 96.4 Å². The van der Waals surface area contributed by atoms with Gasteiger partial charge < -0.3 is 15.2 Å². The average molecular weight is 225 g/mol. The molecule has 0 heterocycles. The first-order valence-electron chi connectivity index (χ1n) is 5.12. The third-order valence-electron chi connectivity index (χ3n) is 1.97. The lowest BCUT2D eigenvalue weighted by Crippen LogP contribution is -2.06. The third-order valence-corrected chi connectivity index (χ3v) is 1.97. The fourth-order valence-electron chi connectivity index (χ4n) is 1.21. The zero-order valence-electron chi connectivity index (χ0n) is 10.5. The molecule has 0 saturated carbocycles. The molecule has 1 aromatic rings. The lowest BCUT2D eigenvalue weighted by Gasteiger charge is -2.09. The molecule has 0 fully saturated rings. The van der Waals surface area contributed by atoms with Crippen LogP contribution in [0.25, 0.3) is 0 Å². The second-order valence-electron chi connectivity index (χ2n) is 2.90. The predicted molar refractivity (Wildman–Crippen MR) is 64.8 cm³/mol. The van der Waals surface area contributed by atoms with E-state index in [0.29, 0.717) is 17.0 Å². The van der Waals surface area contributed by atoms with Crippen LogP contribution in [-0.2, 0) is 4.74 Å². The Balaban J connectivity index is 0.00000106. The summed E-state index contributed by atoms with van der Waals surface area (Å²) in [5.41, 5.74) is 7.24. The van der Waals surface area contributed by atoms with Crippen LogP contribution in [0.15, 0.2) is 12.1 Å². The average Bonchev–Trinajstić information content (AvgIpc) is 2.33. The largest absolute Gasteiger partial charge is 0.496 e. The molecule has 4 nitrogen and oxygen atoms in total. The molecule has 4 heteroatoms. The molecule has 0 aromatic heterocycles. The first-order chi connectivity index (χ1) is 7.60. The van der Waals surface area contributed by atoms with E-state index in [0.717, 1.165) is 5.56 Å². The van der Waals surface area contributed by atoms with Crippen LogP contribution in [0, 0.1) is 6.92 Å². The van der Waals surface area contributed by atoms with E-state index in [1.807, 2.05) is 20.8 Å². The van der Waals surface area contributed by atoms with Crippen LogP contribution in [0.5, 0.6) is 5.75 Å². The van der Waals surface area contributed by atoms with Crippen molar-refractivity contribution >= 4 is 11.7 Å². The maximum Gasteiger partial charge on any atom is 0.339 e. The van der Waals surface area contributed by atoms with Gasteiger partial charge in [-0.05, 0) is 18.6 Å². The molecule has 0 amide bonds. The molecule has 0 unspecified atom stereocenters. The number of ether oxygens (including phenoxy) is 2. The zero-order chi connectivity index (χ0) is 12.7. The van der Waals surface area contributed by atoms with E-state index in [1.54, 1.807) is 19.2 Å². The molecular weight excluding hydrogens is 206 g/mol. The number of hydrogen-bond donors (Lipinski definition) is 1. The molecule has 0 atom stereocenters. The molecule has 0 aliphatic rings. The van der Waals surface area contributed by atoms with Crippen molar-refractivity contribution < 1.29 is 14.3 Å². The number of anilines is 1. The summed E-state index contributed by atoms with van der Waals surface area (Å²) in [7, 11) is 2.88. The Morgan fingerprint density at radius 3 is 2.25 bits per heavy atom. The topological polar surface area (TPSA) is 61.5 Å². The second-order valence-corrected chi connectivity index (χ2v) is 2.90. The van der Waals surface area contributed by atoms with Gasteiger partial charge in [0.25, 0.3) is 0 Å². The minimum absolute atomic E-state index is 0.360. The van der Waals surface area contributed by atoms with Gasteiger partial charge in [-0.25, -0.2) is 4.79 Å². The number of hydrogen-bond acceptors (Lipinski definition) is 4. The van der Waals surface area contributed by atoms with Crippen LogP contribution in [0.4, 0.5) is 5.69 Å². The smallest absolute Gasteiger partial charge is 0.339 e. The number of esters is 1. The fraction of sp³-hybridized carbons (Fsp3) is 0.417. The highest BCUT2D eigenvalue weighted by Crippen LogP contribution is 2.24. The molecule has 0 radical (unpaired) electrons. The number of nitrogens with two attached hydrogens (primary N) is 1. The number of carbonyl (C=O) groups is 1. The van der Waals surface area contributed by atoms with E-state index in [9.17, 15) is 4.79 Å². The standard InChI is InChI=1S/C10H13NO3.C2H6/c1-6-4-7(10(12)14-3)8(11)5-9(6)13-2;1-2/h4-5H,11H2,1-3H3;1-2H3. The van der Waals surface area contributed by atoms with Gasteiger partial charge >= 0.3 is 5.97 Å². The number of carbonyl (C=O) groups excluding carboxylic acids is 1. The summed E-state index contributed by atoms with van der Waals surface area (Å²) in [6, 6.07) is 3.27. The lowest BCUT2D eigenvalue weighted by atomic mass is 10.1. The van der Waals surface area contributed by atoms with Gasteiger partial charge in [0.15, 0.2) is 0 Å². The van der Waals surface area contributed by atoms with E-state index >= 15 is 0 Å². The Morgan fingerprint density at radius 2 is 1.81 bits per heavy atom. The molecule has 0 spiro atoms. The van der Waals surface area contributed by atoms with Crippen LogP contribution in [0.1, 0.15) is 29.8 Å². The summed E-state index contributed by atoms with van der Waals surface area (Å²) in [4.78, 5) is 11.2. The van der Waals surface area contributed by atoms with E-state index in [1.165, 1.54) is 7.11 Å². The van der Waals surface area contributed by atoms with Crippen molar-refractivity contribution in [2.75, 3.05) is 20.0 Å². The normalized spacial score (nSPS) is 8.81. The highest BCUT2D eigenvalue weighted by atomic mass is 16.5. The molecule has 0 aliphatic carbocycles. The van der Waals surface area contributed by atoms with Gasteiger partial charge in [0.2, 0.25) is 0 Å². The maximum atomic E-state index is 11.2. The molecule has 1 aromatic carbocycles. The highest BCUT2D eigenvalue weighted by Gasteiger charge is 2.12. The van der Waals surface area contributed by atoms with Crippen molar-refractivity contribution in [2.24, 2.45) is 0 Å². The molecule has 0 saturated heterocycles. The van der Waals surface area contributed by atoms with E-state index in [2.05, 4.69) is 4.74 Å². The summed E-state index contributed by atoms with van der Waals surface area (Å²) in [6.45, 7) is 5.84. The van der Waals surface area contributed by atoms with E-state index in [-0.39, 0.29) is 0 Å². The monoisotopic (exact) mass is 225 g/mol. The fourth-order valence-corrected chi connectivity index (χ4v) is 1.21. The van der Waals surface area contributed by atoms with Crippen molar-refractivity contribution in [1.29, 1.82) is 0 Å². The number of methoxy groups -OCH3 is 2. The van der Waals surface area contributed by atoms with Crippen molar-refractivity contribution in [3.05, 3.63) is 23.3 Å². The number of rotatable bonds is 2. The Hall–Kier alpha value is -1.71. The molecule has 16 heavy (non-hydrogen) atoms. The molecule has 0 aliphatic heterocycles. The van der Waals surface area contributed by atoms with E-state index in [4.69, 9.17) is 10.5 Å². The first kappa shape index (κ1) is 14.3. The molecule has 2 N–H and O–H groups in total. The van der Waals surface area contributed by atoms with Gasteiger partial charge in [0.05, 0.1) is 19.8 Å².